The van der Waals surface area contributed by atoms with Crippen molar-refractivity contribution in [3.63, 3.8) is 0 Å². The maximum Gasteiger partial charge on any atom is 0.0227 e. The monoisotopic (exact) mass is 245 g/mol. The highest BCUT2D eigenvalue weighted by atomic mass is 32.2. The molecule has 4 heteroatoms. The van der Waals surface area contributed by atoms with E-state index in [4.69, 9.17) is 5.73 Å². The van der Waals surface area contributed by atoms with Crippen LogP contribution in [0, 0.1) is 0 Å². The largest absolute Gasteiger partial charge is 0.329 e. The Morgan fingerprint density at radius 2 is 2.19 bits per heavy atom. The third-order valence-corrected chi connectivity index (χ3v) is 4.29. The molecule has 0 aromatic rings. The molecular formula is C12H27N3S. The molecule has 0 radical (unpaired) electrons. The van der Waals surface area contributed by atoms with Gasteiger partial charge in [0.25, 0.3) is 0 Å². The molecule has 1 fully saturated rings. The number of nitrogens with zero attached hydrogens (tertiary/aromatic N) is 2. The predicted molar refractivity (Wildman–Crippen MR) is 74.1 cm³/mol. The predicted octanol–water partition coefficient (Wildman–Crippen LogP) is 1.09. The molecular weight excluding hydrogens is 218 g/mol. The van der Waals surface area contributed by atoms with E-state index in [0.717, 1.165) is 6.54 Å². The van der Waals surface area contributed by atoms with Gasteiger partial charge in [-0.2, -0.15) is 11.8 Å². The van der Waals surface area contributed by atoms with Gasteiger partial charge in [0.15, 0.2) is 0 Å². The first-order chi connectivity index (χ1) is 7.72. The average Bonchev–Trinajstić information content (AvgIpc) is 2.30. The van der Waals surface area contributed by atoms with Crippen LogP contribution >= 0.6 is 11.8 Å². The van der Waals surface area contributed by atoms with Gasteiger partial charge in [-0.15, -0.1) is 0 Å². The topological polar surface area (TPSA) is 32.5 Å². The highest BCUT2D eigenvalue weighted by molar-refractivity contribution is 7.98. The second kappa shape index (κ2) is 7.54. The minimum Gasteiger partial charge on any atom is -0.329 e. The van der Waals surface area contributed by atoms with Gasteiger partial charge < -0.3 is 5.73 Å². The first kappa shape index (κ1) is 14.3. The van der Waals surface area contributed by atoms with Crippen molar-refractivity contribution in [2.45, 2.75) is 32.4 Å². The van der Waals surface area contributed by atoms with Gasteiger partial charge in [-0.3, -0.25) is 9.80 Å². The van der Waals surface area contributed by atoms with E-state index in [2.05, 4.69) is 29.9 Å². The molecule has 2 atom stereocenters. The molecule has 0 aliphatic carbocycles. The standard InChI is InChI=1S/C12H27N3S/c1-4-14-6-7-15(10-11(14)2)12(9-13)5-8-16-3/h11-12H,4-10,13H2,1-3H3. The fraction of sp³-hybridized carbons (Fsp3) is 1.00. The minimum absolute atomic E-state index is 0.592. The van der Waals surface area contributed by atoms with Crippen molar-refractivity contribution in [2.75, 3.05) is 44.7 Å². The van der Waals surface area contributed by atoms with Crippen LogP contribution in [0.4, 0.5) is 0 Å². The van der Waals surface area contributed by atoms with E-state index >= 15 is 0 Å². The molecule has 2 unspecified atom stereocenters. The summed E-state index contributed by atoms with van der Waals surface area (Å²) in [6.07, 6.45) is 3.40. The normalized spacial score (nSPS) is 25.9. The van der Waals surface area contributed by atoms with E-state index < -0.39 is 0 Å². The Balaban J connectivity index is 2.41. The first-order valence-electron chi connectivity index (χ1n) is 6.40. The maximum atomic E-state index is 5.89. The Bertz CT molecular complexity index is 189. The number of likely N-dealkylation sites (N-methyl/N-ethyl adjacent to an activating group) is 1. The number of nitrogens with two attached hydrogens (primary N) is 1. The van der Waals surface area contributed by atoms with Crippen LogP contribution in [-0.4, -0.2) is 66.6 Å². The molecule has 1 aliphatic rings. The van der Waals surface area contributed by atoms with E-state index in [-0.39, 0.29) is 0 Å². The molecule has 2 N–H and O–H groups in total. The Labute approximate surface area is 105 Å². The van der Waals surface area contributed by atoms with Crippen LogP contribution < -0.4 is 5.73 Å². The third kappa shape index (κ3) is 3.91. The van der Waals surface area contributed by atoms with Crippen LogP contribution in [0.25, 0.3) is 0 Å². The van der Waals surface area contributed by atoms with Crippen LogP contribution in [0.2, 0.25) is 0 Å². The lowest BCUT2D eigenvalue weighted by Crippen LogP contribution is -2.56. The summed E-state index contributed by atoms with van der Waals surface area (Å²) in [5, 5.41) is 0. The molecule has 0 bridgehead atoms. The molecule has 16 heavy (non-hydrogen) atoms. The van der Waals surface area contributed by atoms with Gasteiger partial charge in [-0.1, -0.05) is 6.92 Å². The summed E-state index contributed by atoms with van der Waals surface area (Å²) in [7, 11) is 0. The Kier molecular flexibility index (Phi) is 6.73. The molecule has 96 valence electrons. The van der Waals surface area contributed by atoms with E-state index in [1.54, 1.807) is 0 Å². The lowest BCUT2D eigenvalue weighted by molar-refractivity contribution is 0.0601. The van der Waals surface area contributed by atoms with Gasteiger partial charge in [0, 0.05) is 38.3 Å². The maximum absolute atomic E-state index is 5.89. The van der Waals surface area contributed by atoms with Crippen LogP contribution in [0.5, 0.6) is 0 Å². The van der Waals surface area contributed by atoms with Crippen molar-refractivity contribution in [3.05, 3.63) is 0 Å². The van der Waals surface area contributed by atoms with Gasteiger partial charge >= 0.3 is 0 Å². The van der Waals surface area contributed by atoms with Crippen molar-refractivity contribution in [3.8, 4) is 0 Å². The van der Waals surface area contributed by atoms with E-state index in [1.807, 2.05) is 11.8 Å². The Hall–Kier alpha value is 0.230. The number of piperazine rings is 1. The zero-order valence-electron chi connectivity index (χ0n) is 11.0. The van der Waals surface area contributed by atoms with Gasteiger partial charge in [0.1, 0.15) is 0 Å². The SMILES string of the molecule is CCN1CCN(C(CN)CCSC)CC1C. The van der Waals surface area contributed by atoms with Crippen LogP contribution in [0.15, 0.2) is 0 Å². The molecule has 0 aromatic heterocycles. The molecule has 0 saturated carbocycles. The van der Waals surface area contributed by atoms with Crippen LogP contribution in [0.1, 0.15) is 20.3 Å². The zero-order chi connectivity index (χ0) is 12.0. The molecule has 1 saturated heterocycles. The quantitative estimate of drug-likeness (QED) is 0.759. The smallest absolute Gasteiger partial charge is 0.0227 e. The van der Waals surface area contributed by atoms with Crippen molar-refractivity contribution >= 4 is 11.8 Å². The van der Waals surface area contributed by atoms with Crippen molar-refractivity contribution in [1.29, 1.82) is 0 Å². The second-order valence-electron chi connectivity index (χ2n) is 4.64. The highest BCUT2D eigenvalue weighted by Gasteiger charge is 2.26. The molecule has 0 amide bonds. The average molecular weight is 245 g/mol. The van der Waals surface area contributed by atoms with Crippen molar-refractivity contribution in [2.24, 2.45) is 5.73 Å². The molecule has 1 aliphatic heterocycles. The zero-order valence-corrected chi connectivity index (χ0v) is 11.8. The fourth-order valence-electron chi connectivity index (χ4n) is 2.53. The van der Waals surface area contributed by atoms with E-state index in [1.165, 1.54) is 38.4 Å². The Morgan fingerprint density at radius 3 is 2.69 bits per heavy atom. The fourth-order valence-corrected chi connectivity index (χ4v) is 3.04. The summed E-state index contributed by atoms with van der Waals surface area (Å²) in [6, 6.07) is 1.27. The summed E-state index contributed by atoms with van der Waals surface area (Å²) in [5.74, 6) is 1.23. The van der Waals surface area contributed by atoms with E-state index in [0.29, 0.717) is 12.1 Å². The third-order valence-electron chi connectivity index (χ3n) is 3.65. The molecule has 3 nitrogen and oxygen atoms in total. The van der Waals surface area contributed by atoms with Gasteiger partial charge in [-0.05, 0) is 31.9 Å². The first-order valence-corrected chi connectivity index (χ1v) is 7.79. The van der Waals surface area contributed by atoms with Crippen LogP contribution in [0.3, 0.4) is 0 Å². The summed E-state index contributed by atoms with van der Waals surface area (Å²) < 4.78 is 0. The molecule has 1 rings (SSSR count). The summed E-state index contributed by atoms with van der Waals surface area (Å²) in [4.78, 5) is 5.14. The minimum atomic E-state index is 0.592. The Morgan fingerprint density at radius 1 is 1.44 bits per heavy atom. The number of thioether (sulfide) groups is 1. The van der Waals surface area contributed by atoms with Gasteiger partial charge in [-0.25, -0.2) is 0 Å². The molecule has 0 spiro atoms. The van der Waals surface area contributed by atoms with Crippen molar-refractivity contribution in [1.82, 2.24) is 9.80 Å². The summed E-state index contributed by atoms with van der Waals surface area (Å²) in [6.45, 7) is 10.1. The number of hydrogen-bond donors (Lipinski definition) is 1. The van der Waals surface area contributed by atoms with Gasteiger partial charge in [0.05, 0.1) is 0 Å². The van der Waals surface area contributed by atoms with Gasteiger partial charge in [0.2, 0.25) is 0 Å². The number of hydrogen-bond acceptors (Lipinski definition) is 4. The molecule has 0 aromatic carbocycles. The lowest BCUT2D eigenvalue weighted by atomic mass is 10.1. The summed E-state index contributed by atoms with van der Waals surface area (Å²) in [5.41, 5.74) is 5.89. The van der Waals surface area contributed by atoms with Crippen LogP contribution in [-0.2, 0) is 0 Å². The van der Waals surface area contributed by atoms with Crippen molar-refractivity contribution < 1.29 is 0 Å². The van der Waals surface area contributed by atoms with E-state index in [9.17, 15) is 0 Å². The second-order valence-corrected chi connectivity index (χ2v) is 5.63. The lowest BCUT2D eigenvalue weighted by Gasteiger charge is -2.42. The number of rotatable bonds is 6. The highest BCUT2D eigenvalue weighted by Crippen LogP contribution is 2.14. The summed E-state index contributed by atoms with van der Waals surface area (Å²) >= 11 is 1.92. The molecule has 1 heterocycles.